The molecule has 0 aliphatic carbocycles. The van der Waals surface area contributed by atoms with Crippen LogP contribution in [0.5, 0.6) is 0 Å². The van der Waals surface area contributed by atoms with Gasteiger partial charge in [-0.05, 0) is 48.2 Å². The van der Waals surface area contributed by atoms with Crippen LogP contribution < -0.4 is 0 Å². The average molecular weight is 374 g/mol. The quantitative estimate of drug-likeness (QED) is 0.736. The number of benzene rings is 2. The van der Waals surface area contributed by atoms with Crippen LogP contribution in [0.4, 0.5) is 0 Å². The molecule has 0 radical (unpaired) electrons. The summed E-state index contributed by atoms with van der Waals surface area (Å²) in [6.45, 7) is 4.02. The minimum atomic E-state index is -0.627. The number of hydrogen-bond acceptors (Lipinski definition) is 1. The predicted molar refractivity (Wildman–Crippen MR) is 88.7 cm³/mol. The second kappa shape index (κ2) is 6.48. The zero-order valence-electron chi connectivity index (χ0n) is 11.3. The number of aryl methyl sites for hydroxylation is 2. The van der Waals surface area contributed by atoms with Gasteiger partial charge in [0.05, 0.1) is 6.10 Å². The standard InChI is InChI=1S/C16H15BrCl2O/c1-9-6-11(7-10(2)16(9)17)15(20)8-12-13(18)4-3-5-14(12)19/h3-7,15,20H,8H2,1-2H3. The molecule has 0 spiro atoms. The van der Waals surface area contributed by atoms with Crippen LogP contribution in [0, 0.1) is 13.8 Å². The molecule has 0 aliphatic heterocycles. The van der Waals surface area contributed by atoms with Crippen molar-refractivity contribution in [2.75, 3.05) is 0 Å². The summed E-state index contributed by atoms with van der Waals surface area (Å²) in [7, 11) is 0. The van der Waals surface area contributed by atoms with E-state index >= 15 is 0 Å². The van der Waals surface area contributed by atoms with Gasteiger partial charge in [0.1, 0.15) is 0 Å². The van der Waals surface area contributed by atoms with Crippen LogP contribution in [-0.2, 0) is 6.42 Å². The van der Waals surface area contributed by atoms with Gasteiger partial charge >= 0.3 is 0 Å². The zero-order chi connectivity index (χ0) is 14.9. The number of aliphatic hydroxyl groups is 1. The summed E-state index contributed by atoms with van der Waals surface area (Å²) >= 11 is 15.8. The third-order valence-corrected chi connectivity index (χ3v) is 5.26. The Morgan fingerprint density at radius 2 is 1.60 bits per heavy atom. The van der Waals surface area contributed by atoms with Gasteiger partial charge in [0, 0.05) is 20.9 Å². The van der Waals surface area contributed by atoms with Crippen molar-refractivity contribution in [3.05, 3.63) is 67.1 Å². The third-order valence-electron chi connectivity index (χ3n) is 3.30. The summed E-state index contributed by atoms with van der Waals surface area (Å²) in [6.07, 6.45) is -0.225. The van der Waals surface area contributed by atoms with E-state index in [9.17, 15) is 5.11 Å². The second-order valence-corrected chi connectivity index (χ2v) is 6.50. The Hall–Kier alpha value is -0.540. The van der Waals surface area contributed by atoms with Gasteiger partial charge < -0.3 is 5.11 Å². The van der Waals surface area contributed by atoms with Gasteiger partial charge in [-0.3, -0.25) is 0 Å². The molecule has 1 atom stereocenters. The van der Waals surface area contributed by atoms with E-state index in [1.54, 1.807) is 18.2 Å². The van der Waals surface area contributed by atoms with Crippen molar-refractivity contribution < 1.29 is 5.11 Å². The molecule has 0 aromatic heterocycles. The van der Waals surface area contributed by atoms with E-state index < -0.39 is 6.10 Å². The van der Waals surface area contributed by atoms with Gasteiger partial charge in [-0.15, -0.1) is 0 Å². The largest absolute Gasteiger partial charge is 0.388 e. The Bertz CT molecular complexity index is 597. The summed E-state index contributed by atoms with van der Waals surface area (Å²) < 4.78 is 1.07. The van der Waals surface area contributed by atoms with Gasteiger partial charge in [-0.1, -0.05) is 57.3 Å². The van der Waals surface area contributed by atoms with Crippen LogP contribution >= 0.6 is 39.1 Å². The number of halogens is 3. The monoisotopic (exact) mass is 372 g/mol. The van der Waals surface area contributed by atoms with E-state index in [1.807, 2.05) is 26.0 Å². The van der Waals surface area contributed by atoms with E-state index in [0.717, 1.165) is 26.7 Å². The van der Waals surface area contributed by atoms with Crippen LogP contribution in [0.3, 0.4) is 0 Å². The molecule has 20 heavy (non-hydrogen) atoms. The van der Waals surface area contributed by atoms with Crippen LogP contribution in [0.2, 0.25) is 10.0 Å². The lowest BCUT2D eigenvalue weighted by molar-refractivity contribution is 0.178. The van der Waals surface area contributed by atoms with Crippen LogP contribution in [0.1, 0.15) is 28.4 Å². The van der Waals surface area contributed by atoms with Crippen LogP contribution in [-0.4, -0.2) is 5.11 Å². The minimum absolute atomic E-state index is 0.402. The van der Waals surface area contributed by atoms with Crippen molar-refractivity contribution in [1.29, 1.82) is 0 Å². The molecule has 2 rings (SSSR count). The molecule has 0 bridgehead atoms. The highest BCUT2D eigenvalue weighted by Crippen LogP contribution is 2.31. The molecule has 2 aromatic carbocycles. The van der Waals surface area contributed by atoms with E-state index in [-0.39, 0.29) is 0 Å². The molecule has 0 saturated heterocycles. The van der Waals surface area contributed by atoms with Crippen molar-refractivity contribution in [3.8, 4) is 0 Å². The topological polar surface area (TPSA) is 20.2 Å². The molecule has 1 nitrogen and oxygen atoms in total. The number of rotatable bonds is 3. The lowest BCUT2D eigenvalue weighted by atomic mass is 9.98. The zero-order valence-corrected chi connectivity index (χ0v) is 14.4. The lowest BCUT2D eigenvalue weighted by Gasteiger charge is -2.16. The summed E-state index contributed by atoms with van der Waals surface area (Å²) in [4.78, 5) is 0. The summed E-state index contributed by atoms with van der Waals surface area (Å²) in [5, 5.41) is 11.6. The van der Waals surface area contributed by atoms with Gasteiger partial charge in [0.15, 0.2) is 0 Å². The Balaban J connectivity index is 2.31. The fourth-order valence-corrected chi connectivity index (χ4v) is 2.99. The molecular formula is C16H15BrCl2O. The van der Waals surface area contributed by atoms with E-state index in [0.29, 0.717) is 16.5 Å². The van der Waals surface area contributed by atoms with Crippen LogP contribution in [0.25, 0.3) is 0 Å². The maximum Gasteiger partial charge on any atom is 0.0831 e. The van der Waals surface area contributed by atoms with Gasteiger partial charge in [-0.25, -0.2) is 0 Å². The summed E-state index contributed by atoms with van der Waals surface area (Å²) in [5.74, 6) is 0. The maximum absolute atomic E-state index is 10.4. The highest BCUT2D eigenvalue weighted by atomic mass is 79.9. The average Bonchev–Trinajstić information content (AvgIpc) is 2.39. The minimum Gasteiger partial charge on any atom is -0.388 e. The van der Waals surface area contributed by atoms with Gasteiger partial charge in [0.25, 0.3) is 0 Å². The molecular weight excluding hydrogens is 359 g/mol. The first-order valence-electron chi connectivity index (χ1n) is 6.27. The van der Waals surface area contributed by atoms with Gasteiger partial charge in [0.2, 0.25) is 0 Å². The molecule has 1 unspecified atom stereocenters. The smallest absolute Gasteiger partial charge is 0.0831 e. The molecule has 4 heteroatoms. The fourth-order valence-electron chi connectivity index (χ4n) is 2.21. The Kier molecular flexibility index (Phi) is 5.14. The Labute approximate surface area is 137 Å². The molecule has 1 N–H and O–H groups in total. The normalized spacial score (nSPS) is 12.5. The van der Waals surface area contributed by atoms with Crippen LogP contribution in [0.15, 0.2) is 34.8 Å². The first-order valence-corrected chi connectivity index (χ1v) is 7.82. The number of aliphatic hydroxyl groups excluding tert-OH is 1. The summed E-state index contributed by atoms with van der Waals surface area (Å²) in [5.41, 5.74) is 3.86. The van der Waals surface area contributed by atoms with Crippen molar-refractivity contribution in [1.82, 2.24) is 0 Å². The highest BCUT2D eigenvalue weighted by Gasteiger charge is 2.15. The Morgan fingerprint density at radius 3 is 2.10 bits per heavy atom. The van der Waals surface area contributed by atoms with Crippen molar-refractivity contribution in [2.45, 2.75) is 26.4 Å². The highest BCUT2D eigenvalue weighted by molar-refractivity contribution is 9.10. The maximum atomic E-state index is 10.4. The van der Waals surface area contributed by atoms with E-state index in [1.165, 1.54) is 0 Å². The first-order chi connectivity index (χ1) is 9.40. The second-order valence-electron chi connectivity index (χ2n) is 4.89. The summed E-state index contributed by atoms with van der Waals surface area (Å²) in [6, 6.07) is 9.33. The predicted octanol–water partition coefficient (Wildman–Crippen LogP) is 5.65. The molecule has 0 aliphatic rings. The molecule has 2 aromatic rings. The molecule has 106 valence electrons. The van der Waals surface area contributed by atoms with Gasteiger partial charge in [-0.2, -0.15) is 0 Å². The van der Waals surface area contributed by atoms with E-state index in [4.69, 9.17) is 23.2 Å². The molecule has 0 saturated carbocycles. The van der Waals surface area contributed by atoms with E-state index in [2.05, 4.69) is 15.9 Å². The Morgan fingerprint density at radius 1 is 1.10 bits per heavy atom. The lowest BCUT2D eigenvalue weighted by Crippen LogP contribution is -2.04. The SMILES string of the molecule is Cc1cc(C(O)Cc2c(Cl)cccc2Cl)cc(C)c1Br. The third kappa shape index (κ3) is 3.37. The molecule has 0 heterocycles. The van der Waals surface area contributed by atoms with Crippen molar-refractivity contribution in [2.24, 2.45) is 0 Å². The number of hydrogen-bond donors (Lipinski definition) is 1. The van der Waals surface area contributed by atoms with Crippen molar-refractivity contribution in [3.63, 3.8) is 0 Å². The van der Waals surface area contributed by atoms with Crippen molar-refractivity contribution >= 4 is 39.1 Å². The fraction of sp³-hybridized carbons (Fsp3) is 0.250. The molecule has 0 fully saturated rings. The first kappa shape index (κ1) is 15.8. The molecule has 0 amide bonds.